The van der Waals surface area contributed by atoms with Crippen LogP contribution in [0.4, 0.5) is 17.2 Å². The SMILES string of the molecule is Cc1cccn2c(=O)c(C=Nc3cccc(Cl)c3)c(Nc3ccccc3)nc12. The summed E-state index contributed by atoms with van der Waals surface area (Å²) < 4.78 is 1.53. The van der Waals surface area contributed by atoms with Gasteiger partial charge >= 0.3 is 0 Å². The number of aromatic nitrogens is 2. The third-order valence-corrected chi connectivity index (χ3v) is 4.51. The number of rotatable bonds is 4. The molecule has 0 aliphatic heterocycles. The molecule has 0 bridgehead atoms. The Morgan fingerprint density at radius 3 is 2.68 bits per heavy atom. The molecule has 28 heavy (non-hydrogen) atoms. The van der Waals surface area contributed by atoms with Crippen molar-refractivity contribution in [1.29, 1.82) is 0 Å². The van der Waals surface area contributed by atoms with Crippen LogP contribution in [0.2, 0.25) is 5.02 Å². The quantitative estimate of drug-likeness (QED) is 0.492. The maximum atomic E-state index is 13.1. The number of nitrogens with one attached hydrogen (secondary N) is 1. The Labute approximate surface area is 167 Å². The third kappa shape index (κ3) is 3.66. The predicted molar refractivity (Wildman–Crippen MR) is 115 cm³/mol. The number of pyridine rings is 1. The van der Waals surface area contributed by atoms with E-state index in [1.54, 1.807) is 18.3 Å². The first-order valence-corrected chi connectivity index (χ1v) is 9.13. The Morgan fingerprint density at radius 1 is 1.07 bits per heavy atom. The minimum absolute atomic E-state index is 0.196. The smallest absolute Gasteiger partial charge is 0.268 e. The largest absolute Gasteiger partial charge is 0.339 e. The molecule has 0 radical (unpaired) electrons. The summed E-state index contributed by atoms with van der Waals surface area (Å²) in [5.74, 6) is 0.455. The highest BCUT2D eigenvalue weighted by Gasteiger charge is 2.13. The molecule has 0 unspecified atom stereocenters. The van der Waals surface area contributed by atoms with Gasteiger partial charge in [-0.1, -0.05) is 41.9 Å². The lowest BCUT2D eigenvalue weighted by molar-refractivity contribution is 1.03. The molecule has 0 aliphatic rings. The number of aryl methyl sites for hydroxylation is 1. The van der Waals surface area contributed by atoms with Gasteiger partial charge < -0.3 is 5.32 Å². The topological polar surface area (TPSA) is 58.8 Å². The second kappa shape index (κ2) is 7.66. The second-order valence-electron chi connectivity index (χ2n) is 6.29. The number of hydrogen-bond donors (Lipinski definition) is 1. The molecule has 0 amide bonds. The van der Waals surface area contributed by atoms with Crippen LogP contribution in [0.3, 0.4) is 0 Å². The van der Waals surface area contributed by atoms with Gasteiger partial charge in [-0.3, -0.25) is 14.2 Å². The molecular formula is C22H17ClN4O. The number of para-hydroxylation sites is 1. The summed E-state index contributed by atoms with van der Waals surface area (Å²) in [5, 5.41) is 3.82. The van der Waals surface area contributed by atoms with Gasteiger partial charge in [-0.2, -0.15) is 0 Å². The van der Waals surface area contributed by atoms with Gasteiger partial charge in [-0.05, 0) is 48.9 Å². The van der Waals surface area contributed by atoms with E-state index in [4.69, 9.17) is 16.6 Å². The minimum Gasteiger partial charge on any atom is -0.339 e. The molecule has 1 N–H and O–H groups in total. The molecule has 0 spiro atoms. The lowest BCUT2D eigenvalue weighted by Crippen LogP contribution is -2.22. The van der Waals surface area contributed by atoms with Crippen molar-refractivity contribution in [3.63, 3.8) is 0 Å². The second-order valence-corrected chi connectivity index (χ2v) is 6.73. The molecule has 0 fully saturated rings. The van der Waals surface area contributed by atoms with Crippen LogP contribution in [0, 0.1) is 6.92 Å². The molecular weight excluding hydrogens is 372 g/mol. The number of nitrogens with zero attached hydrogens (tertiary/aromatic N) is 3. The number of aliphatic imine (C=N–C) groups is 1. The maximum Gasteiger partial charge on any atom is 0.268 e. The van der Waals surface area contributed by atoms with Gasteiger partial charge in [0.05, 0.1) is 5.69 Å². The van der Waals surface area contributed by atoms with E-state index in [2.05, 4.69) is 10.3 Å². The molecule has 6 heteroatoms. The van der Waals surface area contributed by atoms with Crippen LogP contribution >= 0.6 is 11.6 Å². The first-order chi connectivity index (χ1) is 13.6. The molecule has 2 aromatic heterocycles. The van der Waals surface area contributed by atoms with E-state index in [-0.39, 0.29) is 5.56 Å². The van der Waals surface area contributed by atoms with E-state index < -0.39 is 0 Å². The summed E-state index contributed by atoms with van der Waals surface area (Å²) in [6.07, 6.45) is 3.24. The van der Waals surface area contributed by atoms with E-state index in [1.165, 1.54) is 10.6 Å². The summed E-state index contributed by atoms with van der Waals surface area (Å²) >= 11 is 6.03. The van der Waals surface area contributed by atoms with Crippen LogP contribution < -0.4 is 10.9 Å². The van der Waals surface area contributed by atoms with Gasteiger partial charge in [-0.25, -0.2) is 4.98 Å². The fourth-order valence-corrected chi connectivity index (χ4v) is 3.06. The Morgan fingerprint density at radius 2 is 1.89 bits per heavy atom. The van der Waals surface area contributed by atoms with Crippen molar-refractivity contribution in [3.05, 3.63) is 99.4 Å². The first kappa shape index (κ1) is 17.9. The minimum atomic E-state index is -0.196. The molecule has 2 aromatic carbocycles. The molecule has 138 valence electrons. The lowest BCUT2D eigenvalue weighted by Gasteiger charge is -2.11. The summed E-state index contributed by atoms with van der Waals surface area (Å²) in [6.45, 7) is 1.92. The fraction of sp³-hybridized carbons (Fsp3) is 0.0455. The normalized spacial score (nSPS) is 11.2. The molecule has 4 rings (SSSR count). The fourth-order valence-electron chi connectivity index (χ4n) is 2.88. The van der Waals surface area contributed by atoms with E-state index >= 15 is 0 Å². The highest BCUT2D eigenvalue weighted by molar-refractivity contribution is 6.30. The van der Waals surface area contributed by atoms with Gasteiger partial charge in [0.1, 0.15) is 17.0 Å². The summed E-state index contributed by atoms with van der Waals surface area (Å²) in [7, 11) is 0. The molecule has 0 atom stereocenters. The summed E-state index contributed by atoms with van der Waals surface area (Å²) in [5.41, 5.74) is 3.18. The molecule has 0 saturated carbocycles. The van der Waals surface area contributed by atoms with Gasteiger partial charge in [0.2, 0.25) is 0 Å². The number of anilines is 2. The zero-order valence-corrected chi connectivity index (χ0v) is 15.9. The zero-order chi connectivity index (χ0) is 19.5. The van der Waals surface area contributed by atoms with Gasteiger partial charge in [0, 0.05) is 23.1 Å². The highest BCUT2D eigenvalue weighted by Crippen LogP contribution is 2.20. The van der Waals surface area contributed by atoms with E-state index in [0.29, 0.717) is 27.7 Å². The Bertz CT molecular complexity index is 1230. The average Bonchev–Trinajstić information content (AvgIpc) is 2.69. The number of halogens is 1. The molecule has 0 aliphatic carbocycles. The zero-order valence-electron chi connectivity index (χ0n) is 15.1. The van der Waals surface area contributed by atoms with Crippen LogP contribution in [-0.2, 0) is 0 Å². The van der Waals surface area contributed by atoms with Crippen LogP contribution in [0.15, 0.2) is 82.7 Å². The third-order valence-electron chi connectivity index (χ3n) is 4.27. The first-order valence-electron chi connectivity index (χ1n) is 8.75. The van der Waals surface area contributed by atoms with E-state index in [0.717, 1.165) is 11.3 Å². The summed E-state index contributed by atoms with van der Waals surface area (Å²) in [6, 6.07) is 20.5. The predicted octanol–water partition coefficient (Wildman–Crippen LogP) is 5.15. The van der Waals surface area contributed by atoms with Crippen molar-refractivity contribution in [2.75, 3.05) is 5.32 Å². The van der Waals surface area contributed by atoms with Crippen molar-refractivity contribution in [2.24, 2.45) is 4.99 Å². The van der Waals surface area contributed by atoms with Crippen molar-refractivity contribution < 1.29 is 0 Å². The lowest BCUT2D eigenvalue weighted by atomic mass is 10.2. The van der Waals surface area contributed by atoms with Crippen molar-refractivity contribution in [2.45, 2.75) is 6.92 Å². The van der Waals surface area contributed by atoms with Crippen LogP contribution in [0.5, 0.6) is 0 Å². The van der Waals surface area contributed by atoms with Crippen LogP contribution in [-0.4, -0.2) is 15.6 Å². The van der Waals surface area contributed by atoms with Crippen LogP contribution in [0.1, 0.15) is 11.1 Å². The molecule has 5 nitrogen and oxygen atoms in total. The van der Waals surface area contributed by atoms with Crippen molar-refractivity contribution in [3.8, 4) is 0 Å². The summed E-state index contributed by atoms with van der Waals surface area (Å²) in [4.78, 5) is 22.3. The molecule has 4 aromatic rings. The number of benzene rings is 2. The van der Waals surface area contributed by atoms with Crippen LogP contribution in [0.25, 0.3) is 5.65 Å². The molecule has 0 saturated heterocycles. The Hall–Kier alpha value is -3.44. The Balaban J connectivity index is 1.88. The van der Waals surface area contributed by atoms with E-state index in [1.807, 2.05) is 61.5 Å². The average molecular weight is 389 g/mol. The number of fused-ring (bicyclic) bond motifs is 1. The van der Waals surface area contributed by atoms with Gasteiger partial charge in [-0.15, -0.1) is 0 Å². The monoisotopic (exact) mass is 388 g/mol. The van der Waals surface area contributed by atoms with E-state index in [9.17, 15) is 4.79 Å². The Kier molecular flexibility index (Phi) is 4.91. The molecule has 2 heterocycles. The maximum absolute atomic E-state index is 13.1. The standard InChI is InChI=1S/C22H17ClN4O/c1-15-7-6-12-27-21(15)26-20(25-17-9-3-2-4-10-17)19(22(27)28)14-24-18-11-5-8-16(23)13-18/h2-14,25H,1H3. The van der Waals surface area contributed by atoms with Gasteiger partial charge in [0.25, 0.3) is 5.56 Å². The van der Waals surface area contributed by atoms with Gasteiger partial charge in [0.15, 0.2) is 0 Å². The van der Waals surface area contributed by atoms with Crippen molar-refractivity contribution in [1.82, 2.24) is 9.38 Å². The number of hydrogen-bond acceptors (Lipinski definition) is 4. The van der Waals surface area contributed by atoms with Crippen molar-refractivity contribution >= 4 is 40.7 Å². The highest BCUT2D eigenvalue weighted by atomic mass is 35.5.